The second kappa shape index (κ2) is 8.92. The van der Waals surface area contributed by atoms with Crippen LogP contribution >= 0.6 is 39.1 Å². The van der Waals surface area contributed by atoms with Crippen molar-refractivity contribution in [1.29, 1.82) is 0 Å². The molecule has 3 aromatic rings. The first kappa shape index (κ1) is 19.9. The first-order chi connectivity index (χ1) is 12.9. The van der Waals surface area contributed by atoms with Gasteiger partial charge in [0.05, 0.1) is 15.7 Å². The number of ether oxygens (including phenoxy) is 1. The molecule has 0 aliphatic heterocycles. The minimum absolute atomic E-state index is 0.392. The van der Waals surface area contributed by atoms with Crippen molar-refractivity contribution in [2.45, 2.75) is 20.5 Å². The van der Waals surface area contributed by atoms with Gasteiger partial charge in [-0.1, -0.05) is 69.0 Å². The van der Waals surface area contributed by atoms with E-state index in [9.17, 15) is 0 Å². The minimum atomic E-state index is 0.392. The highest BCUT2D eigenvalue weighted by Gasteiger charge is 2.10. The zero-order valence-electron chi connectivity index (χ0n) is 15.0. The van der Waals surface area contributed by atoms with Crippen LogP contribution in [0.5, 0.6) is 5.75 Å². The Morgan fingerprint density at radius 3 is 2.26 bits per heavy atom. The molecule has 0 aliphatic rings. The predicted molar refractivity (Wildman–Crippen MR) is 118 cm³/mol. The molecule has 2 nitrogen and oxygen atoms in total. The summed E-state index contributed by atoms with van der Waals surface area (Å²) in [6.45, 7) is 4.49. The summed E-state index contributed by atoms with van der Waals surface area (Å²) in [5.74, 6) is 0.477. The van der Waals surface area contributed by atoms with Crippen LogP contribution in [0.4, 0.5) is 5.69 Å². The molecule has 5 heteroatoms. The molecule has 0 aliphatic carbocycles. The van der Waals surface area contributed by atoms with Crippen molar-refractivity contribution in [3.05, 3.63) is 91.4 Å². The van der Waals surface area contributed by atoms with Crippen molar-refractivity contribution in [1.82, 2.24) is 0 Å². The Labute approximate surface area is 177 Å². The summed E-state index contributed by atoms with van der Waals surface area (Å²) >= 11 is 16.2. The number of aryl methyl sites for hydroxylation is 2. The molecule has 0 amide bonds. The third-order valence-corrected chi connectivity index (χ3v) is 5.11. The van der Waals surface area contributed by atoms with Crippen LogP contribution in [-0.2, 0) is 6.61 Å². The highest BCUT2D eigenvalue weighted by atomic mass is 79.9. The van der Waals surface area contributed by atoms with Gasteiger partial charge in [-0.15, -0.1) is 0 Å². The lowest BCUT2D eigenvalue weighted by Crippen LogP contribution is -1.97. The van der Waals surface area contributed by atoms with Crippen molar-refractivity contribution < 1.29 is 4.74 Å². The molecule has 0 aromatic heterocycles. The summed E-state index contributed by atoms with van der Waals surface area (Å²) in [5, 5.41) is 0.920. The van der Waals surface area contributed by atoms with E-state index in [-0.39, 0.29) is 0 Å². The van der Waals surface area contributed by atoms with Crippen LogP contribution in [0.15, 0.2) is 64.1 Å². The Balaban J connectivity index is 1.75. The first-order valence-electron chi connectivity index (χ1n) is 8.40. The van der Waals surface area contributed by atoms with Crippen molar-refractivity contribution in [2.24, 2.45) is 4.99 Å². The van der Waals surface area contributed by atoms with E-state index in [4.69, 9.17) is 27.9 Å². The molecular formula is C22H18BrCl2NO. The van der Waals surface area contributed by atoms with Gasteiger partial charge in [0.1, 0.15) is 6.61 Å². The topological polar surface area (TPSA) is 21.6 Å². The zero-order valence-corrected chi connectivity index (χ0v) is 18.1. The molecule has 0 fully saturated rings. The van der Waals surface area contributed by atoms with E-state index in [1.165, 1.54) is 5.56 Å². The fourth-order valence-corrected chi connectivity index (χ4v) is 3.50. The number of benzene rings is 3. The number of nitrogens with zero attached hydrogens (tertiary/aromatic N) is 1. The fraction of sp³-hybridized carbons (Fsp3) is 0.136. The van der Waals surface area contributed by atoms with Gasteiger partial charge in [-0.05, 0) is 60.9 Å². The number of hydrogen-bond acceptors (Lipinski definition) is 2. The molecule has 0 spiro atoms. The molecule has 0 N–H and O–H groups in total. The van der Waals surface area contributed by atoms with Crippen LogP contribution in [0, 0.1) is 13.8 Å². The van der Waals surface area contributed by atoms with Crippen LogP contribution < -0.4 is 4.74 Å². The second-order valence-electron chi connectivity index (χ2n) is 6.28. The average Bonchev–Trinajstić information content (AvgIpc) is 2.62. The van der Waals surface area contributed by atoms with Crippen LogP contribution in [-0.4, -0.2) is 6.21 Å². The van der Waals surface area contributed by atoms with Gasteiger partial charge < -0.3 is 4.74 Å². The molecule has 0 saturated carbocycles. The normalized spacial score (nSPS) is 11.1. The van der Waals surface area contributed by atoms with Crippen LogP contribution in [0.2, 0.25) is 10.0 Å². The minimum Gasteiger partial charge on any atom is -0.486 e. The predicted octanol–water partition coefficient (Wildman–Crippen LogP) is 7.70. The lowest BCUT2D eigenvalue weighted by atomic mass is 10.1. The quantitative estimate of drug-likeness (QED) is 0.356. The third-order valence-electron chi connectivity index (χ3n) is 4.02. The Morgan fingerprint density at radius 1 is 0.963 bits per heavy atom. The van der Waals surface area contributed by atoms with E-state index in [0.717, 1.165) is 26.9 Å². The van der Waals surface area contributed by atoms with Crippen molar-refractivity contribution in [3.63, 3.8) is 0 Å². The van der Waals surface area contributed by atoms with Crippen LogP contribution in [0.25, 0.3) is 0 Å². The van der Waals surface area contributed by atoms with E-state index in [1.54, 1.807) is 18.3 Å². The molecule has 0 heterocycles. The van der Waals surface area contributed by atoms with Gasteiger partial charge in [0.25, 0.3) is 0 Å². The standard InChI is InChI=1S/C22H18BrCl2NO/c1-14-3-8-21(15(2)9-14)26-12-17-10-19(24)22(20(25)11-17)27-13-16-4-6-18(23)7-5-16/h3-12H,13H2,1-2H3. The van der Waals surface area contributed by atoms with E-state index in [0.29, 0.717) is 22.4 Å². The third kappa shape index (κ3) is 5.35. The Hall–Kier alpha value is -1.81. The summed E-state index contributed by atoms with van der Waals surface area (Å²) in [4.78, 5) is 4.54. The summed E-state index contributed by atoms with van der Waals surface area (Å²) in [7, 11) is 0. The van der Waals surface area contributed by atoms with Crippen LogP contribution in [0.3, 0.4) is 0 Å². The molecule has 3 rings (SSSR count). The van der Waals surface area contributed by atoms with Gasteiger partial charge in [-0.3, -0.25) is 4.99 Å². The number of halogens is 3. The molecule has 138 valence electrons. The van der Waals surface area contributed by atoms with Crippen molar-refractivity contribution >= 4 is 51.0 Å². The maximum absolute atomic E-state index is 6.38. The number of rotatable bonds is 5. The zero-order chi connectivity index (χ0) is 19.4. The second-order valence-corrected chi connectivity index (χ2v) is 8.01. The Kier molecular flexibility index (Phi) is 6.59. The molecule has 27 heavy (non-hydrogen) atoms. The molecule has 0 unspecified atom stereocenters. The summed E-state index contributed by atoms with van der Waals surface area (Å²) in [6, 6.07) is 17.6. The van der Waals surface area contributed by atoms with Crippen molar-refractivity contribution in [3.8, 4) is 5.75 Å². The largest absolute Gasteiger partial charge is 0.486 e. The van der Waals surface area contributed by atoms with E-state index in [1.807, 2.05) is 43.3 Å². The maximum Gasteiger partial charge on any atom is 0.157 e. The van der Waals surface area contributed by atoms with E-state index in [2.05, 4.69) is 33.9 Å². The number of hydrogen-bond donors (Lipinski definition) is 0. The van der Waals surface area contributed by atoms with Gasteiger partial charge >= 0.3 is 0 Å². The Bertz CT molecular complexity index is 961. The lowest BCUT2D eigenvalue weighted by Gasteiger charge is -2.11. The summed E-state index contributed by atoms with van der Waals surface area (Å²) in [5.41, 5.74) is 5.11. The monoisotopic (exact) mass is 461 g/mol. The van der Waals surface area contributed by atoms with Gasteiger partial charge in [0.15, 0.2) is 5.75 Å². The number of aliphatic imine (C=N–C) groups is 1. The summed E-state index contributed by atoms with van der Waals surface area (Å²) < 4.78 is 6.84. The van der Waals surface area contributed by atoms with Crippen molar-refractivity contribution in [2.75, 3.05) is 0 Å². The van der Waals surface area contributed by atoms with E-state index >= 15 is 0 Å². The smallest absolute Gasteiger partial charge is 0.157 e. The molecular weight excluding hydrogens is 445 g/mol. The SMILES string of the molecule is Cc1ccc(N=Cc2cc(Cl)c(OCc3ccc(Br)cc3)c(Cl)c2)c(C)c1. The maximum atomic E-state index is 6.38. The molecule has 3 aromatic carbocycles. The first-order valence-corrected chi connectivity index (χ1v) is 9.95. The molecule has 0 bridgehead atoms. The fourth-order valence-electron chi connectivity index (χ4n) is 2.62. The van der Waals surface area contributed by atoms with Gasteiger partial charge in [-0.2, -0.15) is 0 Å². The van der Waals surface area contributed by atoms with Gasteiger partial charge in [0.2, 0.25) is 0 Å². The van der Waals surface area contributed by atoms with Gasteiger partial charge in [0, 0.05) is 10.7 Å². The van der Waals surface area contributed by atoms with E-state index < -0.39 is 0 Å². The Morgan fingerprint density at radius 2 is 1.63 bits per heavy atom. The molecule has 0 saturated heterocycles. The average molecular weight is 463 g/mol. The lowest BCUT2D eigenvalue weighted by molar-refractivity contribution is 0.306. The highest BCUT2D eigenvalue weighted by molar-refractivity contribution is 9.10. The molecule has 0 atom stereocenters. The molecule has 0 radical (unpaired) electrons. The summed E-state index contributed by atoms with van der Waals surface area (Å²) in [6.07, 6.45) is 1.76. The highest BCUT2D eigenvalue weighted by Crippen LogP contribution is 2.34. The van der Waals surface area contributed by atoms with Gasteiger partial charge in [-0.25, -0.2) is 0 Å². The van der Waals surface area contributed by atoms with Crippen LogP contribution in [0.1, 0.15) is 22.3 Å².